The third-order valence-electron chi connectivity index (χ3n) is 3.73. The molecule has 0 aliphatic rings. The number of benzene rings is 2. The molecule has 0 aliphatic heterocycles. The van der Waals surface area contributed by atoms with Crippen LogP contribution >= 0.6 is 11.6 Å². The number of aryl methyl sites for hydroxylation is 1. The van der Waals surface area contributed by atoms with Crippen molar-refractivity contribution in [3.8, 4) is 11.5 Å². The summed E-state index contributed by atoms with van der Waals surface area (Å²) >= 11 is 5.86. The van der Waals surface area contributed by atoms with Crippen molar-refractivity contribution in [2.45, 2.75) is 39.3 Å². The number of halogens is 1. The number of ether oxygens (including phenoxy) is 2. The molecule has 0 bridgehead atoms. The molecule has 0 unspecified atom stereocenters. The topological polar surface area (TPSA) is 47.6 Å². The number of amides is 1. The molecule has 0 saturated heterocycles. The van der Waals surface area contributed by atoms with Gasteiger partial charge in [0, 0.05) is 5.02 Å². The molecule has 2 aromatic carbocycles. The molecule has 2 aromatic rings. The second-order valence-electron chi connectivity index (χ2n) is 5.95. The van der Waals surface area contributed by atoms with E-state index in [2.05, 4.69) is 5.32 Å². The summed E-state index contributed by atoms with van der Waals surface area (Å²) in [5, 5.41) is 3.57. The zero-order chi connectivity index (χ0) is 18.2. The van der Waals surface area contributed by atoms with Crippen molar-refractivity contribution >= 4 is 17.5 Å². The van der Waals surface area contributed by atoms with Gasteiger partial charge in [0.25, 0.3) is 5.91 Å². The Morgan fingerprint density at radius 3 is 2.48 bits per heavy atom. The summed E-state index contributed by atoms with van der Waals surface area (Å²) < 4.78 is 11.5. The van der Waals surface area contributed by atoms with Crippen LogP contribution in [0.5, 0.6) is 11.5 Å². The first-order valence-electron chi connectivity index (χ1n) is 8.40. The Labute approximate surface area is 154 Å². The Kier molecular flexibility index (Phi) is 7.14. The van der Waals surface area contributed by atoms with Gasteiger partial charge in [0.05, 0.1) is 6.04 Å². The summed E-state index contributed by atoms with van der Waals surface area (Å²) in [6, 6.07) is 14.7. The fourth-order valence-electron chi connectivity index (χ4n) is 2.31. The highest BCUT2D eigenvalue weighted by Crippen LogP contribution is 2.18. The summed E-state index contributed by atoms with van der Waals surface area (Å²) in [6.45, 7) is 6.21. The van der Waals surface area contributed by atoms with Crippen LogP contribution in [-0.2, 0) is 4.79 Å². The van der Waals surface area contributed by atoms with Gasteiger partial charge in [-0.1, -0.05) is 36.7 Å². The lowest BCUT2D eigenvalue weighted by molar-refractivity contribution is -0.128. The van der Waals surface area contributed by atoms with E-state index in [4.69, 9.17) is 21.1 Å². The first-order chi connectivity index (χ1) is 12.0. The molecule has 2 rings (SSSR count). The molecule has 25 heavy (non-hydrogen) atoms. The highest BCUT2D eigenvalue weighted by molar-refractivity contribution is 6.30. The van der Waals surface area contributed by atoms with Gasteiger partial charge in [-0.15, -0.1) is 0 Å². The molecular weight excluding hydrogens is 338 g/mol. The minimum Gasteiger partial charge on any atom is -0.491 e. The fraction of sp³-hybridized carbons (Fsp3) is 0.350. The Bertz CT molecular complexity index is 688. The van der Waals surface area contributed by atoms with Crippen molar-refractivity contribution in [3.05, 3.63) is 59.1 Å². The maximum absolute atomic E-state index is 12.4. The third kappa shape index (κ3) is 5.98. The number of hydrogen-bond acceptors (Lipinski definition) is 3. The van der Waals surface area contributed by atoms with Crippen molar-refractivity contribution in [2.75, 3.05) is 6.61 Å². The molecule has 0 spiro atoms. The van der Waals surface area contributed by atoms with Gasteiger partial charge >= 0.3 is 0 Å². The quantitative estimate of drug-likeness (QED) is 0.758. The lowest BCUT2D eigenvalue weighted by Crippen LogP contribution is -2.44. The summed E-state index contributed by atoms with van der Waals surface area (Å²) in [4.78, 5) is 12.4. The fourth-order valence-corrected chi connectivity index (χ4v) is 2.44. The maximum atomic E-state index is 12.4. The van der Waals surface area contributed by atoms with E-state index in [9.17, 15) is 4.79 Å². The van der Waals surface area contributed by atoms with Gasteiger partial charge in [0.1, 0.15) is 18.1 Å². The van der Waals surface area contributed by atoms with Gasteiger partial charge in [0.2, 0.25) is 0 Å². The van der Waals surface area contributed by atoms with Gasteiger partial charge in [0.15, 0.2) is 6.10 Å². The number of nitrogens with one attached hydrogen (secondary N) is 1. The Morgan fingerprint density at radius 2 is 1.84 bits per heavy atom. The van der Waals surface area contributed by atoms with E-state index in [1.807, 2.05) is 45.0 Å². The minimum absolute atomic E-state index is 0.130. The summed E-state index contributed by atoms with van der Waals surface area (Å²) in [6.07, 6.45) is 0.0157. The smallest absolute Gasteiger partial charge is 0.261 e. The molecule has 0 radical (unpaired) electrons. The Morgan fingerprint density at radius 1 is 1.16 bits per heavy atom. The van der Waals surface area contributed by atoms with E-state index < -0.39 is 6.10 Å². The normalized spacial score (nSPS) is 13.0. The van der Waals surface area contributed by atoms with Crippen LogP contribution in [0.1, 0.15) is 25.8 Å². The van der Waals surface area contributed by atoms with Crippen LogP contribution in [0.3, 0.4) is 0 Å². The van der Waals surface area contributed by atoms with Crippen molar-refractivity contribution in [3.63, 3.8) is 0 Å². The third-order valence-corrected chi connectivity index (χ3v) is 3.98. The maximum Gasteiger partial charge on any atom is 0.261 e. The van der Waals surface area contributed by atoms with Crippen LogP contribution < -0.4 is 14.8 Å². The van der Waals surface area contributed by atoms with Gasteiger partial charge in [-0.25, -0.2) is 0 Å². The number of rotatable bonds is 8. The molecule has 0 aromatic heterocycles. The van der Waals surface area contributed by atoms with Crippen LogP contribution in [0, 0.1) is 6.92 Å². The van der Waals surface area contributed by atoms with Crippen molar-refractivity contribution in [1.82, 2.24) is 5.32 Å². The van der Waals surface area contributed by atoms with Gasteiger partial charge < -0.3 is 14.8 Å². The van der Waals surface area contributed by atoms with Crippen molar-refractivity contribution in [1.29, 1.82) is 0 Å². The van der Waals surface area contributed by atoms with Gasteiger partial charge in [-0.05, 0) is 56.2 Å². The first kappa shape index (κ1) is 19.1. The second kappa shape index (κ2) is 9.33. The number of carbonyl (C=O) groups is 1. The second-order valence-corrected chi connectivity index (χ2v) is 6.39. The average Bonchev–Trinajstić information content (AvgIpc) is 2.60. The van der Waals surface area contributed by atoms with Gasteiger partial charge in [-0.3, -0.25) is 4.79 Å². The number of hydrogen-bond donors (Lipinski definition) is 1. The van der Waals surface area contributed by atoms with Gasteiger partial charge in [-0.2, -0.15) is 0 Å². The molecule has 0 fully saturated rings. The predicted octanol–water partition coefficient (Wildman–Crippen LogP) is 4.39. The molecule has 1 N–H and O–H groups in total. The predicted molar refractivity (Wildman–Crippen MR) is 100 cm³/mol. The summed E-state index contributed by atoms with van der Waals surface area (Å²) in [7, 11) is 0. The van der Waals surface area contributed by atoms with E-state index in [0.717, 1.165) is 11.3 Å². The van der Waals surface area contributed by atoms with E-state index in [1.165, 1.54) is 0 Å². The SMILES string of the molecule is CC[C@@H](Oc1ccc(Cl)cc1)C(=O)N[C@@H](C)COc1ccccc1C. The molecule has 0 aliphatic carbocycles. The van der Waals surface area contributed by atoms with E-state index in [1.54, 1.807) is 24.3 Å². The zero-order valence-electron chi connectivity index (χ0n) is 14.8. The van der Waals surface area contributed by atoms with Crippen molar-refractivity contribution in [2.24, 2.45) is 0 Å². The van der Waals surface area contributed by atoms with Crippen LogP contribution in [0.4, 0.5) is 0 Å². The lowest BCUT2D eigenvalue weighted by atomic mass is 10.2. The van der Waals surface area contributed by atoms with E-state index >= 15 is 0 Å². The Hall–Kier alpha value is -2.20. The Balaban J connectivity index is 1.85. The molecule has 4 nitrogen and oxygen atoms in total. The van der Waals surface area contributed by atoms with E-state index in [-0.39, 0.29) is 11.9 Å². The molecule has 134 valence electrons. The first-order valence-corrected chi connectivity index (χ1v) is 8.78. The van der Waals surface area contributed by atoms with Crippen molar-refractivity contribution < 1.29 is 14.3 Å². The highest BCUT2D eigenvalue weighted by atomic mass is 35.5. The monoisotopic (exact) mass is 361 g/mol. The lowest BCUT2D eigenvalue weighted by Gasteiger charge is -2.21. The zero-order valence-corrected chi connectivity index (χ0v) is 15.5. The van der Waals surface area contributed by atoms with Crippen LogP contribution in [-0.4, -0.2) is 24.7 Å². The number of carbonyl (C=O) groups excluding carboxylic acids is 1. The molecule has 0 saturated carbocycles. The highest BCUT2D eigenvalue weighted by Gasteiger charge is 2.20. The summed E-state index contributed by atoms with van der Waals surface area (Å²) in [5.74, 6) is 1.29. The average molecular weight is 362 g/mol. The molecule has 1 amide bonds. The molecule has 0 heterocycles. The number of para-hydroxylation sites is 1. The van der Waals surface area contributed by atoms with Crippen LogP contribution in [0.2, 0.25) is 5.02 Å². The van der Waals surface area contributed by atoms with Crippen LogP contribution in [0.15, 0.2) is 48.5 Å². The molecular formula is C20H24ClNO3. The minimum atomic E-state index is -0.554. The molecule has 2 atom stereocenters. The standard InChI is InChI=1S/C20H24ClNO3/c1-4-18(25-17-11-9-16(21)10-12-17)20(23)22-15(3)13-24-19-8-6-5-7-14(19)2/h5-12,15,18H,4,13H2,1-3H3,(H,22,23)/t15-,18+/m0/s1. The van der Waals surface area contributed by atoms with Crippen LogP contribution in [0.25, 0.3) is 0 Å². The largest absolute Gasteiger partial charge is 0.491 e. The summed E-state index contributed by atoms with van der Waals surface area (Å²) in [5.41, 5.74) is 1.07. The van der Waals surface area contributed by atoms with E-state index in [0.29, 0.717) is 23.8 Å². The molecule has 5 heteroatoms.